The number of anilines is 3. The molecule has 2 N–H and O–H groups in total. The maximum absolute atomic E-state index is 13.8. The molecule has 140 valence electrons. The Labute approximate surface area is 154 Å². The summed E-state index contributed by atoms with van der Waals surface area (Å²) in [5.41, 5.74) is 1.51. The van der Waals surface area contributed by atoms with Crippen molar-refractivity contribution in [3.8, 4) is 6.07 Å². The molecule has 3 heterocycles. The summed E-state index contributed by atoms with van der Waals surface area (Å²) in [6, 6.07) is 6.53. The number of likely N-dealkylation sites (N-methyl/N-ethyl adjacent to an activating group) is 1. The fourth-order valence-corrected chi connectivity index (χ4v) is 4.15. The third kappa shape index (κ3) is 3.08. The maximum atomic E-state index is 13.8. The first-order valence-corrected chi connectivity index (χ1v) is 8.69. The van der Waals surface area contributed by atoms with Crippen LogP contribution in [0.25, 0.3) is 0 Å². The number of nitrogens with zero attached hydrogens (tertiary/aromatic N) is 3. The Hall–Kier alpha value is -2.79. The lowest BCUT2D eigenvalue weighted by molar-refractivity contribution is -0.137. The Morgan fingerprint density at radius 1 is 1.26 bits per heavy atom. The Morgan fingerprint density at radius 2 is 2.07 bits per heavy atom. The number of nitrogens with one attached hydrogen (secondary N) is 2. The largest absolute Gasteiger partial charge is 0.418 e. The summed E-state index contributed by atoms with van der Waals surface area (Å²) < 4.78 is 41.4. The van der Waals surface area contributed by atoms with Crippen molar-refractivity contribution in [1.29, 1.82) is 5.26 Å². The van der Waals surface area contributed by atoms with Gasteiger partial charge in [0, 0.05) is 37.4 Å². The molecule has 1 aromatic carbocycles. The molecule has 1 aromatic heterocycles. The predicted molar refractivity (Wildman–Crippen MR) is 96.1 cm³/mol. The van der Waals surface area contributed by atoms with Gasteiger partial charge in [-0.1, -0.05) is 0 Å². The van der Waals surface area contributed by atoms with Crippen LogP contribution < -0.4 is 15.5 Å². The highest BCUT2D eigenvalue weighted by molar-refractivity contribution is 5.74. The van der Waals surface area contributed by atoms with Crippen molar-refractivity contribution in [2.24, 2.45) is 0 Å². The minimum Gasteiger partial charge on any atom is -0.370 e. The lowest BCUT2D eigenvalue weighted by atomic mass is 9.89. The SMILES string of the molecule is CN1c2c(cc(Nc3cncc(C#N)c3)cc2C(F)(F)F)[C@H]2CNCC[C@H]21. The third-order valence-corrected chi connectivity index (χ3v) is 5.30. The highest BCUT2D eigenvalue weighted by atomic mass is 19.4. The molecule has 0 amide bonds. The number of hydrogen-bond donors (Lipinski definition) is 2. The molecule has 2 aliphatic rings. The topological polar surface area (TPSA) is 64.0 Å². The molecular weight excluding hydrogens is 355 g/mol. The third-order valence-electron chi connectivity index (χ3n) is 5.30. The van der Waals surface area contributed by atoms with Gasteiger partial charge in [0.25, 0.3) is 0 Å². The summed E-state index contributed by atoms with van der Waals surface area (Å²) in [4.78, 5) is 5.73. The smallest absolute Gasteiger partial charge is 0.370 e. The molecule has 27 heavy (non-hydrogen) atoms. The van der Waals surface area contributed by atoms with Crippen LogP contribution in [0.15, 0.2) is 30.6 Å². The van der Waals surface area contributed by atoms with E-state index in [-0.39, 0.29) is 17.6 Å². The van der Waals surface area contributed by atoms with E-state index in [2.05, 4.69) is 15.6 Å². The zero-order chi connectivity index (χ0) is 19.2. The number of nitriles is 1. The molecule has 1 saturated heterocycles. The number of fused-ring (bicyclic) bond motifs is 3. The number of alkyl halides is 3. The molecule has 1 fully saturated rings. The molecule has 0 unspecified atom stereocenters. The van der Waals surface area contributed by atoms with Crippen molar-refractivity contribution in [2.45, 2.75) is 24.6 Å². The van der Waals surface area contributed by atoms with Crippen LogP contribution in [0.3, 0.4) is 0 Å². The van der Waals surface area contributed by atoms with Gasteiger partial charge >= 0.3 is 6.18 Å². The van der Waals surface area contributed by atoms with E-state index >= 15 is 0 Å². The lowest BCUT2D eigenvalue weighted by Gasteiger charge is -2.31. The average Bonchev–Trinajstić information content (AvgIpc) is 2.93. The molecule has 0 bridgehead atoms. The molecule has 2 aromatic rings. The van der Waals surface area contributed by atoms with Gasteiger partial charge < -0.3 is 15.5 Å². The zero-order valence-corrected chi connectivity index (χ0v) is 14.6. The minimum absolute atomic E-state index is 0.0187. The molecule has 2 aliphatic heterocycles. The number of hydrogen-bond acceptors (Lipinski definition) is 5. The van der Waals surface area contributed by atoms with Crippen molar-refractivity contribution >= 4 is 17.1 Å². The number of rotatable bonds is 2. The molecule has 8 heteroatoms. The standard InChI is InChI=1S/C19H18F3N5/c1-27-17-2-3-24-10-15(17)14-5-12(6-16(18(14)27)19(20,21)22)26-13-4-11(7-23)8-25-9-13/h4-6,8-9,15,17,24,26H,2-3,10H2,1H3/t15-,17-/m1/s1. The van der Waals surface area contributed by atoms with Crippen LogP contribution >= 0.6 is 0 Å². The second-order valence-corrected chi connectivity index (χ2v) is 6.94. The van der Waals surface area contributed by atoms with Crippen molar-refractivity contribution in [1.82, 2.24) is 10.3 Å². The van der Waals surface area contributed by atoms with Gasteiger partial charge in [0.15, 0.2) is 0 Å². The van der Waals surface area contributed by atoms with Crippen LogP contribution in [0, 0.1) is 11.3 Å². The summed E-state index contributed by atoms with van der Waals surface area (Å²) in [6.07, 6.45) is -0.756. The van der Waals surface area contributed by atoms with Crippen LogP contribution in [0.1, 0.15) is 29.0 Å². The number of halogens is 3. The molecule has 0 aliphatic carbocycles. The monoisotopic (exact) mass is 373 g/mol. The zero-order valence-electron chi connectivity index (χ0n) is 14.6. The Morgan fingerprint density at radius 3 is 2.81 bits per heavy atom. The van der Waals surface area contributed by atoms with Gasteiger partial charge in [0.05, 0.1) is 28.7 Å². The predicted octanol–water partition coefficient (Wildman–Crippen LogP) is 3.61. The first-order valence-electron chi connectivity index (χ1n) is 8.69. The molecule has 4 rings (SSSR count). The van der Waals surface area contributed by atoms with E-state index in [1.165, 1.54) is 12.4 Å². The normalized spacial score (nSPS) is 21.4. The number of pyridine rings is 1. The van der Waals surface area contributed by atoms with Crippen molar-refractivity contribution < 1.29 is 13.2 Å². The Balaban J connectivity index is 1.80. The maximum Gasteiger partial charge on any atom is 0.418 e. The van der Waals surface area contributed by atoms with Gasteiger partial charge in [-0.15, -0.1) is 0 Å². The highest BCUT2D eigenvalue weighted by Gasteiger charge is 2.45. The first-order chi connectivity index (χ1) is 12.9. The molecule has 0 spiro atoms. The van der Waals surface area contributed by atoms with Crippen LogP contribution in [0.2, 0.25) is 0 Å². The van der Waals surface area contributed by atoms with E-state index in [0.29, 0.717) is 29.0 Å². The van der Waals surface area contributed by atoms with Gasteiger partial charge in [-0.3, -0.25) is 4.98 Å². The van der Waals surface area contributed by atoms with E-state index in [1.54, 1.807) is 24.1 Å². The van der Waals surface area contributed by atoms with E-state index in [0.717, 1.165) is 19.0 Å². The van der Waals surface area contributed by atoms with Gasteiger partial charge in [-0.05, 0) is 36.7 Å². The summed E-state index contributed by atoms with van der Waals surface area (Å²) in [5.74, 6) is 0.0187. The summed E-state index contributed by atoms with van der Waals surface area (Å²) in [5, 5.41) is 15.2. The molecule has 5 nitrogen and oxygen atoms in total. The second-order valence-electron chi connectivity index (χ2n) is 6.94. The van der Waals surface area contributed by atoms with E-state index in [4.69, 9.17) is 5.26 Å². The average molecular weight is 373 g/mol. The number of piperidine rings is 1. The molecular formula is C19H18F3N5. The second kappa shape index (κ2) is 6.43. The quantitative estimate of drug-likeness (QED) is 0.842. The molecule has 0 radical (unpaired) electrons. The highest BCUT2D eigenvalue weighted by Crippen LogP contribution is 2.50. The fourth-order valence-electron chi connectivity index (χ4n) is 4.15. The van der Waals surface area contributed by atoms with E-state index in [9.17, 15) is 13.2 Å². The molecule has 2 atom stereocenters. The summed E-state index contributed by atoms with van der Waals surface area (Å²) in [7, 11) is 1.75. The first kappa shape index (κ1) is 17.6. The lowest BCUT2D eigenvalue weighted by Crippen LogP contribution is -2.42. The Bertz CT molecular complexity index is 919. The van der Waals surface area contributed by atoms with Crippen LogP contribution in [0.5, 0.6) is 0 Å². The van der Waals surface area contributed by atoms with E-state index < -0.39 is 11.7 Å². The van der Waals surface area contributed by atoms with Crippen LogP contribution in [-0.2, 0) is 6.18 Å². The summed E-state index contributed by atoms with van der Waals surface area (Å²) in [6.45, 7) is 1.47. The number of aromatic nitrogens is 1. The summed E-state index contributed by atoms with van der Waals surface area (Å²) >= 11 is 0. The van der Waals surface area contributed by atoms with Gasteiger partial charge in [0.2, 0.25) is 0 Å². The van der Waals surface area contributed by atoms with Gasteiger partial charge in [0.1, 0.15) is 6.07 Å². The fraction of sp³-hybridized carbons (Fsp3) is 0.368. The van der Waals surface area contributed by atoms with Crippen molar-refractivity contribution in [3.63, 3.8) is 0 Å². The van der Waals surface area contributed by atoms with E-state index in [1.807, 2.05) is 6.07 Å². The number of benzene rings is 1. The molecule has 0 saturated carbocycles. The van der Waals surface area contributed by atoms with Gasteiger partial charge in [-0.25, -0.2) is 0 Å². The Kier molecular flexibility index (Phi) is 4.19. The van der Waals surface area contributed by atoms with Crippen molar-refractivity contribution in [3.05, 3.63) is 47.3 Å². The van der Waals surface area contributed by atoms with Crippen LogP contribution in [0.4, 0.5) is 30.2 Å². The van der Waals surface area contributed by atoms with Crippen LogP contribution in [-0.4, -0.2) is 31.2 Å². The van der Waals surface area contributed by atoms with Crippen molar-refractivity contribution in [2.75, 3.05) is 30.4 Å². The van der Waals surface area contributed by atoms with Gasteiger partial charge in [-0.2, -0.15) is 18.4 Å². The minimum atomic E-state index is -4.45.